The molecule has 0 fully saturated rings. The Hall–Kier alpha value is -0.510. The molecule has 0 saturated heterocycles. The maximum absolute atomic E-state index is 11.1. The highest BCUT2D eigenvalue weighted by molar-refractivity contribution is 4.93. The minimum absolute atomic E-state index is 0.652. The molecule has 0 aliphatic carbocycles. The second-order valence-corrected chi connectivity index (χ2v) is 1.98. The molecule has 0 aromatic heterocycles. The molecule has 0 nitrogen and oxygen atoms in total. The van der Waals surface area contributed by atoms with Crippen LogP contribution in [0, 0.1) is 18.0 Å². The van der Waals surface area contributed by atoms with E-state index in [4.69, 9.17) is 0 Å². The SMILES string of the molecule is C[C](C)CCC#CF. The highest BCUT2D eigenvalue weighted by Gasteiger charge is 1.88. The van der Waals surface area contributed by atoms with Crippen molar-refractivity contribution < 1.29 is 4.39 Å². The summed E-state index contributed by atoms with van der Waals surface area (Å²) in [4.78, 5) is 0. The highest BCUT2D eigenvalue weighted by Crippen LogP contribution is 2.03. The Labute approximate surface area is 50.1 Å². The van der Waals surface area contributed by atoms with Gasteiger partial charge in [0.25, 0.3) is 0 Å². The van der Waals surface area contributed by atoms with Crippen molar-refractivity contribution in [2.45, 2.75) is 26.7 Å². The third kappa shape index (κ3) is 5.49. The van der Waals surface area contributed by atoms with Crippen molar-refractivity contribution >= 4 is 0 Å². The quantitative estimate of drug-likeness (QED) is 0.482. The number of hydrogen-bond donors (Lipinski definition) is 0. The van der Waals surface area contributed by atoms with Gasteiger partial charge in [0.1, 0.15) is 6.17 Å². The minimum Gasteiger partial charge on any atom is -0.144 e. The normalized spacial score (nSPS) is 8.50. The van der Waals surface area contributed by atoms with E-state index in [1.54, 1.807) is 0 Å². The Morgan fingerprint density at radius 2 is 2.12 bits per heavy atom. The van der Waals surface area contributed by atoms with Gasteiger partial charge in [0.15, 0.2) is 0 Å². The molecule has 0 atom stereocenters. The first-order chi connectivity index (χ1) is 3.77. The molecular formula is C7H10F. The van der Waals surface area contributed by atoms with E-state index in [0.29, 0.717) is 6.42 Å². The van der Waals surface area contributed by atoms with E-state index in [0.717, 1.165) is 6.42 Å². The van der Waals surface area contributed by atoms with E-state index < -0.39 is 0 Å². The van der Waals surface area contributed by atoms with Crippen LogP contribution in [0.4, 0.5) is 4.39 Å². The lowest BCUT2D eigenvalue weighted by Crippen LogP contribution is -1.80. The monoisotopic (exact) mass is 113 g/mol. The molecule has 45 valence electrons. The summed E-state index contributed by atoms with van der Waals surface area (Å²) in [6, 6.07) is 0. The van der Waals surface area contributed by atoms with Crippen molar-refractivity contribution in [2.75, 3.05) is 0 Å². The third-order valence-corrected chi connectivity index (χ3v) is 0.817. The van der Waals surface area contributed by atoms with Crippen molar-refractivity contribution in [1.29, 1.82) is 0 Å². The van der Waals surface area contributed by atoms with Gasteiger partial charge in [-0.1, -0.05) is 19.8 Å². The van der Waals surface area contributed by atoms with E-state index in [-0.39, 0.29) is 0 Å². The molecule has 0 saturated carbocycles. The molecule has 0 rings (SSSR count). The summed E-state index contributed by atoms with van der Waals surface area (Å²) >= 11 is 0. The van der Waals surface area contributed by atoms with Gasteiger partial charge in [-0.15, -0.1) is 4.39 Å². The molecule has 1 radical (unpaired) electrons. The summed E-state index contributed by atoms with van der Waals surface area (Å²) in [5.74, 6) is 3.64. The highest BCUT2D eigenvalue weighted by atomic mass is 19.1. The molecule has 1 heteroatoms. The smallest absolute Gasteiger partial charge is 0.105 e. The van der Waals surface area contributed by atoms with Crippen LogP contribution in [-0.2, 0) is 0 Å². The van der Waals surface area contributed by atoms with Gasteiger partial charge in [0, 0.05) is 6.42 Å². The fraction of sp³-hybridized carbons (Fsp3) is 0.571. The molecule has 0 aromatic rings. The molecule has 0 aliphatic heterocycles. The van der Waals surface area contributed by atoms with Crippen LogP contribution < -0.4 is 0 Å². The largest absolute Gasteiger partial charge is 0.144 e. The van der Waals surface area contributed by atoms with Crippen LogP contribution in [0.2, 0.25) is 0 Å². The second kappa shape index (κ2) is 4.64. The van der Waals surface area contributed by atoms with Crippen LogP contribution in [0.3, 0.4) is 0 Å². The molecule has 0 N–H and O–H groups in total. The summed E-state index contributed by atoms with van der Waals surface area (Å²) in [5, 5.41) is 0. The van der Waals surface area contributed by atoms with Gasteiger partial charge in [-0.05, 0) is 12.3 Å². The Balaban J connectivity index is 3.01. The van der Waals surface area contributed by atoms with Gasteiger partial charge < -0.3 is 0 Å². The first-order valence-corrected chi connectivity index (χ1v) is 2.65. The van der Waals surface area contributed by atoms with E-state index in [9.17, 15) is 4.39 Å². The van der Waals surface area contributed by atoms with Gasteiger partial charge in [0.2, 0.25) is 0 Å². The zero-order valence-electron chi connectivity index (χ0n) is 5.29. The molecule has 0 heterocycles. The zero-order valence-corrected chi connectivity index (χ0v) is 5.29. The number of halogens is 1. The molecule has 8 heavy (non-hydrogen) atoms. The average molecular weight is 113 g/mol. The number of hydrogen-bond acceptors (Lipinski definition) is 0. The topological polar surface area (TPSA) is 0 Å². The van der Waals surface area contributed by atoms with Gasteiger partial charge in [-0.3, -0.25) is 0 Å². The predicted molar refractivity (Wildman–Crippen MR) is 32.7 cm³/mol. The van der Waals surface area contributed by atoms with E-state index in [2.05, 4.69) is 5.92 Å². The fourth-order valence-corrected chi connectivity index (χ4v) is 0.360. The Kier molecular flexibility index (Phi) is 4.35. The summed E-state index contributed by atoms with van der Waals surface area (Å²) in [6.45, 7) is 4.03. The van der Waals surface area contributed by atoms with Crippen LogP contribution in [0.25, 0.3) is 0 Å². The molecule has 0 amide bonds. The second-order valence-electron chi connectivity index (χ2n) is 1.98. The number of rotatable bonds is 2. The van der Waals surface area contributed by atoms with Crippen molar-refractivity contribution in [3.63, 3.8) is 0 Å². The van der Waals surface area contributed by atoms with Gasteiger partial charge in [0.05, 0.1) is 0 Å². The van der Waals surface area contributed by atoms with Crippen molar-refractivity contribution in [3.8, 4) is 12.1 Å². The van der Waals surface area contributed by atoms with Crippen LogP contribution in [0.5, 0.6) is 0 Å². The lowest BCUT2D eigenvalue weighted by Gasteiger charge is -1.94. The van der Waals surface area contributed by atoms with Crippen LogP contribution in [0.15, 0.2) is 0 Å². The van der Waals surface area contributed by atoms with Gasteiger partial charge >= 0.3 is 0 Å². The molecule has 0 bridgehead atoms. The zero-order chi connectivity index (χ0) is 6.41. The fourth-order valence-electron chi connectivity index (χ4n) is 0.360. The third-order valence-electron chi connectivity index (χ3n) is 0.817. The van der Waals surface area contributed by atoms with Gasteiger partial charge in [-0.2, -0.15) is 0 Å². The molecule has 0 aromatic carbocycles. The summed E-state index contributed by atoms with van der Waals surface area (Å²) in [6.07, 6.45) is 2.92. The first-order valence-electron chi connectivity index (χ1n) is 2.65. The summed E-state index contributed by atoms with van der Waals surface area (Å²) < 4.78 is 11.1. The molecule has 0 aliphatic rings. The standard InChI is InChI=1S/C7H10F/c1-7(2)5-3-4-6-8/h3,5H2,1-2H3. The lowest BCUT2D eigenvalue weighted by molar-refractivity contribution is 0.767. The molecular weight excluding hydrogens is 103 g/mol. The van der Waals surface area contributed by atoms with E-state index in [1.165, 1.54) is 12.1 Å². The van der Waals surface area contributed by atoms with Gasteiger partial charge in [-0.25, -0.2) is 0 Å². The summed E-state index contributed by atoms with van der Waals surface area (Å²) in [5.41, 5.74) is 0. The predicted octanol–water partition coefficient (Wildman–Crippen LogP) is 2.31. The van der Waals surface area contributed by atoms with E-state index >= 15 is 0 Å². The minimum atomic E-state index is 0.652. The van der Waals surface area contributed by atoms with Crippen molar-refractivity contribution in [2.24, 2.45) is 0 Å². The van der Waals surface area contributed by atoms with Crippen molar-refractivity contribution in [3.05, 3.63) is 5.92 Å². The maximum atomic E-state index is 11.1. The molecule has 0 spiro atoms. The summed E-state index contributed by atoms with van der Waals surface area (Å²) in [7, 11) is 0. The lowest BCUT2D eigenvalue weighted by atomic mass is 10.1. The van der Waals surface area contributed by atoms with Crippen LogP contribution >= 0.6 is 0 Å². The molecule has 0 unspecified atom stereocenters. The average Bonchev–Trinajstić information content (AvgIpc) is 1.66. The van der Waals surface area contributed by atoms with Crippen LogP contribution in [-0.4, -0.2) is 0 Å². The van der Waals surface area contributed by atoms with E-state index in [1.807, 2.05) is 13.8 Å². The van der Waals surface area contributed by atoms with Crippen molar-refractivity contribution in [1.82, 2.24) is 0 Å². The Morgan fingerprint density at radius 1 is 1.50 bits per heavy atom. The van der Waals surface area contributed by atoms with Crippen LogP contribution in [0.1, 0.15) is 26.7 Å². The Bertz CT molecular complexity index is 94.7. The maximum Gasteiger partial charge on any atom is 0.105 e. The first kappa shape index (κ1) is 7.49. The Morgan fingerprint density at radius 3 is 2.50 bits per heavy atom.